The number of carboxylic acids is 1. The van der Waals surface area contributed by atoms with Crippen LogP contribution in [0.2, 0.25) is 5.02 Å². The van der Waals surface area contributed by atoms with E-state index in [2.05, 4.69) is 0 Å². The molecule has 0 spiro atoms. The van der Waals surface area contributed by atoms with Crippen LogP contribution < -0.4 is 4.72 Å². The van der Waals surface area contributed by atoms with Crippen LogP contribution in [0.5, 0.6) is 0 Å². The molecule has 0 aromatic heterocycles. The summed E-state index contributed by atoms with van der Waals surface area (Å²) in [6.07, 6.45) is -4.94. The molecule has 112 valence electrons. The molecule has 20 heavy (non-hydrogen) atoms. The lowest BCUT2D eigenvalue weighted by molar-refractivity contribution is -0.140. The van der Waals surface area contributed by atoms with E-state index in [-0.39, 0.29) is 5.02 Å². The van der Waals surface area contributed by atoms with Crippen molar-refractivity contribution in [2.45, 2.75) is 24.0 Å². The van der Waals surface area contributed by atoms with Crippen LogP contribution in [0.25, 0.3) is 0 Å². The van der Waals surface area contributed by atoms with E-state index in [0.29, 0.717) is 12.1 Å². The number of hydrogen-bond acceptors (Lipinski definition) is 3. The second-order valence-corrected chi connectivity index (χ2v) is 5.94. The number of carboxylic acid groups (broad SMARTS) is 1. The van der Waals surface area contributed by atoms with Gasteiger partial charge in [0.25, 0.3) is 0 Å². The maximum Gasteiger partial charge on any atom is 0.417 e. The fourth-order valence-electron chi connectivity index (χ4n) is 1.30. The summed E-state index contributed by atoms with van der Waals surface area (Å²) < 4.78 is 63.6. The summed E-state index contributed by atoms with van der Waals surface area (Å²) in [5, 5.41) is 8.31. The normalized spacial score (nSPS) is 14.1. The highest BCUT2D eigenvalue weighted by Crippen LogP contribution is 2.35. The zero-order chi connectivity index (χ0) is 15.7. The second kappa shape index (κ2) is 5.58. The summed E-state index contributed by atoms with van der Waals surface area (Å²) in [5.74, 6) is -1.52. The molecule has 1 aromatic rings. The summed E-state index contributed by atoms with van der Waals surface area (Å²) in [6.45, 7) is 0.989. The molecule has 0 aliphatic rings. The van der Waals surface area contributed by atoms with Crippen LogP contribution >= 0.6 is 11.6 Å². The number of hydrogen-bond donors (Lipinski definition) is 2. The standard InChI is InChI=1S/C10H9ClF3NO4S/c1-5(9(16)17)15-20(18,19)8-3-2-6(11)4-7(8)10(12,13)14/h2-5,15H,1H3,(H,16,17). The number of rotatable bonds is 4. The third-order valence-corrected chi connectivity index (χ3v) is 4.07. The molecule has 0 saturated heterocycles. The third-order valence-electron chi connectivity index (χ3n) is 2.24. The molecular formula is C10H9ClF3NO4S. The molecule has 1 atom stereocenters. The highest BCUT2D eigenvalue weighted by atomic mass is 35.5. The van der Waals surface area contributed by atoms with Gasteiger partial charge >= 0.3 is 12.1 Å². The van der Waals surface area contributed by atoms with Crippen LogP contribution in [0.15, 0.2) is 23.1 Å². The van der Waals surface area contributed by atoms with Gasteiger partial charge < -0.3 is 5.11 Å². The first-order valence-corrected chi connectivity index (χ1v) is 6.93. The van der Waals surface area contributed by atoms with Gasteiger partial charge in [0.15, 0.2) is 0 Å². The van der Waals surface area contributed by atoms with Crippen molar-refractivity contribution in [1.29, 1.82) is 0 Å². The van der Waals surface area contributed by atoms with Crippen LogP contribution in [0.4, 0.5) is 13.2 Å². The molecule has 0 aliphatic heterocycles. The molecule has 1 rings (SSSR count). The van der Waals surface area contributed by atoms with Gasteiger partial charge in [0.1, 0.15) is 6.04 Å². The minimum absolute atomic E-state index is 0.289. The van der Waals surface area contributed by atoms with Crippen molar-refractivity contribution in [3.8, 4) is 0 Å². The van der Waals surface area contributed by atoms with E-state index < -0.39 is 38.7 Å². The highest BCUT2D eigenvalue weighted by Gasteiger charge is 2.38. The average molecular weight is 332 g/mol. The van der Waals surface area contributed by atoms with Crippen LogP contribution in [0, 0.1) is 0 Å². The molecular weight excluding hydrogens is 323 g/mol. The Bertz CT molecular complexity index is 630. The van der Waals surface area contributed by atoms with Crippen molar-refractivity contribution in [2.75, 3.05) is 0 Å². The van der Waals surface area contributed by atoms with Crippen LogP contribution in [-0.4, -0.2) is 25.5 Å². The third kappa shape index (κ3) is 3.84. The smallest absolute Gasteiger partial charge is 0.417 e. The zero-order valence-corrected chi connectivity index (χ0v) is 11.5. The Labute approximate surface area is 117 Å². The first kappa shape index (κ1) is 16.7. The number of carbonyl (C=O) groups is 1. The van der Waals surface area contributed by atoms with Crippen molar-refractivity contribution < 1.29 is 31.5 Å². The van der Waals surface area contributed by atoms with Gasteiger partial charge in [-0.1, -0.05) is 11.6 Å². The fourth-order valence-corrected chi connectivity index (χ4v) is 2.88. The molecule has 0 heterocycles. The maximum atomic E-state index is 12.8. The number of alkyl halides is 3. The molecule has 1 aromatic carbocycles. The lowest BCUT2D eigenvalue weighted by Crippen LogP contribution is -2.39. The summed E-state index contributed by atoms with van der Waals surface area (Å²) in [5.41, 5.74) is -1.46. The van der Waals surface area contributed by atoms with Gasteiger partial charge in [0.05, 0.1) is 10.5 Å². The maximum absolute atomic E-state index is 12.8. The fraction of sp³-hybridized carbons (Fsp3) is 0.300. The molecule has 5 nitrogen and oxygen atoms in total. The lowest BCUT2D eigenvalue weighted by Gasteiger charge is -2.15. The Morgan fingerprint density at radius 3 is 2.40 bits per heavy atom. The van der Waals surface area contributed by atoms with Gasteiger partial charge in [-0.05, 0) is 25.1 Å². The summed E-state index contributed by atoms with van der Waals surface area (Å²) in [6, 6.07) is 0.525. The average Bonchev–Trinajstić information content (AvgIpc) is 2.26. The predicted octanol–water partition coefficient (Wildman–Crippen LogP) is 2.11. The first-order chi connectivity index (χ1) is 8.95. The molecule has 0 saturated carbocycles. The minimum Gasteiger partial charge on any atom is -0.480 e. The second-order valence-electron chi connectivity index (χ2n) is 3.82. The molecule has 0 bridgehead atoms. The van der Waals surface area contributed by atoms with E-state index in [1.807, 2.05) is 0 Å². The topological polar surface area (TPSA) is 83.5 Å². The number of halogens is 4. The van der Waals surface area contributed by atoms with Crippen molar-refractivity contribution in [3.63, 3.8) is 0 Å². The van der Waals surface area contributed by atoms with E-state index in [0.717, 1.165) is 13.0 Å². The summed E-state index contributed by atoms with van der Waals surface area (Å²) in [7, 11) is -4.64. The zero-order valence-electron chi connectivity index (χ0n) is 9.90. The number of aliphatic carboxylic acids is 1. The van der Waals surface area contributed by atoms with Gasteiger partial charge in [-0.2, -0.15) is 17.9 Å². The van der Waals surface area contributed by atoms with E-state index in [9.17, 15) is 26.4 Å². The van der Waals surface area contributed by atoms with E-state index in [1.165, 1.54) is 0 Å². The molecule has 0 aliphatic carbocycles. The number of benzene rings is 1. The van der Waals surface area contributed by atoms with Gasteiger partial charge in [0, 0.05) is 5.02 Å². The van der Waals surface area contributed by atoms with E-state index in [1.54, 1.807) is 4.72 Å². The number of nitrogens with one attached hydrogen (secondary N) is 1. The largest absolute Gasteiger partial charge is 0.480 e. The highest BCUT2D eigenvalue weighted by molar-refractivity contribution is 7.89. The van der Waals surface area contributed by atoms with Crippen LogP contribution in [0.3, 0.4) is 0 Å². The molecule has 1 unspecified atom stereocenters. The predicted molar refractivity (Wildman–Crippen MR) is 63.9 cm³/mol. The Hall–Kier alpha value is -1.32. The first-order valence-electron chi connectivity index (χ1n) is 5.07. The molecule has 2 N–H and O–H groups in total. The van der Waals surface area contributed by atoms with Crippen LogP contribution in [-0.2, 0) is 21.0 Å². The van der Waals surface area contributed by atoms with E-state index >= 15 is 0 Å². The minimum atomic E-state index is -4.94. The van der Waals surface area contributed by atoms with Gasteiger partial charge in [-0.25, -0.2) is 8.42 Å². The van der Waals surface area contributed by atoms with Crippen molar-refractivity contribution in [1.82, 2.24) is 4.72 Å². The quantitative estimate of drug-likeness (QED) is 0.885. The van der Waals surface area contributed by atoms with Crippen molar-refractivity contribution in [3.05, 3.63) is 28.8 Å². The SMILES string of the molecule is CC(NS(=O)(=O)c1ccc(Cl)cc1C(F)(F)F)C(=O)O. The van der Waals surface area contributed by atoms with Gasteiger partial charge in [-0.15, -0.1) is 0 Å². The molecule has 0 radical (unpaired) electrons. The molecule has 0 fully saturated rings. The van der Waals surface area contributed by atoms with Crippen molar-refractivity contribution >= 4 is 27.6 Å². The molecule has 0 amide bonds. The van der Waals surface area contributed by atoms with Gasteiger partial charge in [-0.3, -0.25) is 4.79 Å². The number of sulfonamides is 1. The Balaban J connectivity index is 3.36. The van der Waals surface area contributed by atoms with Crippen LogP contribution in [0.1, 0.15) is 12.5 Å². The van der Waals surface area contributed by atoms with Gasteiger partial charge in [0.2, 0.25) is 10.0 Å². The Kier molecular flexibility index (Phi) is 4.67. The Morgan fingerprint density at radius 2 is 1.95 bits per heavy atom. The lowest BCUT2D eigenvalue weighted by atomic mass is 10.2. The molecule has 10 heteroatoms. The summed E-state index contributed by atoms with van der Waals surface area (Å²) in [4.78, 5) is 9.49. The Morgan fingerprint density at radius 1 is 1.40 bits per heavy atom. The van der Waals surface area contributed by atoms with Crippen molar-refractivity contribution in [2.24, 2.45) is 0 Å². The van der Waals surface area contributed by atoms with E-state index in [4.69, 9.17) is 16.7 Å². The monoisotopic (exact) mass is 331 g/mol. The summed E-state index contributed by atoms with van der Waals surface area (Å²) >= 11 is 5.42.